The summed E-state index contributed by atoms with van der Waals surface area (Å²) in [6, 6.07) is 0. The molecular weight excluding hydrogens is 224 g/mol. The van der Waals surface area contributed by atoms with E-state index in [1.165, 1.54) is 6.42 Å². The van der Waals surface area contributed by atoms with Crippen molar-refractivity contribution in [1.82, 2.24) is 19.7 Å². The maximum absolute atomic E-state index is 5.73. The number of alkyl halides is 1. The molecule has 1 atom stereocenters. The molecule has 0 saturated heterocycles. The summed E-state index contributed by atoms with van der Waals surface area (Å²) in [5.41, 5.74) is 0. The highest BCUT2D eigenvalue weighted by atomic mass is 35.5. The summed E-state index contributed by atoms with van der Waals surface area (Å²) in [5.74, 6) is 2.59. The molecule has 90 valence electrons. The third kappa shape index (κ3) is 2.95. The second-order valence-corrected chi connectivity index (χ2v) is 4.97. The minimum atomic E-state index is 0.720. The van der Waals surface area contributed by atoms with Crippen molar-refractivity contribution in [2.24, 2.45) is 5.92 Å². The second-order valence-electron chi connectivity index (χ2n) is 4.59. The number of hydrogen-bond donors (Lipinski definition) is 0. The van der Waals surface area contributed by atoms with Crippen molar-refractivity contribution in [2.75, 3.05) is 19.0 Å². The molecule has 1 aromatic heterocycles. The molecule has 0 aliphatic carbocycles. The Hall–Kier alpha value is -0.610. The molecule has 2 rings (SSSR count). The van der Waals surface area contributed by atoms with Crippen molar-refractivity contribution < 1.29 is 0 Å². The van der Waals surface area contributed by atoms with Crippen LogP contribution in [0.5, 0.6) is 0 Å². The smallest absolute Gasteiger partial charge is 0.147 e. The fourth-order valence-electron chi connectivity index (χ4n) is 2.04. The molecule has 4 nitrogen and oxygen atoms in total. The minimum Gasteiger partial charge on any atom is -0.315 e. The van der Waals surface area contributed by atoms with Crippen LogP contribution in [0.3, 0.4) is 0 Å². The van der Waals surface area contributed by atoms with Crippen molar-refractivity contribution in [1.29, 1.82) is 0 Å². The van der Waals surface area contributed by atoms with Gasteiger partial charge < -0.3 is 4.57 Å². The fourth-order valence-corrected chi connectivity index (χ4v) is 2.41. The summed E-state index contributed by atoms with van der Waals surface area (Å²) >= 11 is 5.73. The monoisotopic (exact) mass is 242 g/mol. The molecule has 1 unspecified atom stereocenters. The van der Waals surface area contributed by atoms with E-state index in [2.05, 4.69) is 26.6 Å². The van der Waals surface area contributed by atoms with E-state index in [0.717, 1.165) is 50.2 Å². The Labute approximate surface area is 102 Å². The highest BCUT2D eigenvalue weighted by Crippen LogP contribution is 2.13. The molecule has 0 N–H and O–H groups in total. The lowest BCUT2D eigenvalue weighted by atomic mass is 10.0. The lowest BCUT2D eigenvalue weighted by molar-refractivity contribution is 0.203. The van der Waals surface area contributed by atoms with Crippen LogP contribution in [-0.2, 0) is 13.1 Å². The van der Waals surface area contributed by atoms with Crippen LogP contribution in [0, 0.1) is 5.92 Å². The van der Waals surface area contributed by atoms with Crippen LogP contribution in [0.1, 0.15) is 25.6 Å². The number of aromatic nitrogens is 3. The van der Waals surface area contributed by atoms with Crippen molar-refractivity contribution in [2.45, 2.75) is 32.9 Å². The Balaban J connectivity index is 1.77. The van der Waals surface area contributed by atoms with Crippen LogP contribution in [0.2, 0.25) is 0 Å². The maximum Gasteiger partial charge on any atom is 0.147 e. The Morgan fingerprint density at radius 2 is 2.31 bits per heavy atom. The van der Waals surface area contributed by atoms with Gasteiger partial charge in [0.25, 0.3) is 0 Å². The number of nitrogens with zero attached hydrogens (tertiary/aromatic N) is 4. The molecule has 16 heavy (non-hydrogen) atoms. The standard InChI is InChI=1S/C11H19ClN4/c1-10(2-4-12)3-5-15-6-7-16-9-13-14-11(16)8-15/h9-10H,2-8H2,1H3. The van der Waals surface area contributed by atoms with Crippen molar-refractivity contribution in [3.05, 3.63) is 12.2 Å². The molecule has 1 aliphatic rings. The predicted octanol–water partition coefficient (Wildman–Crippen LogP) is 1.75. The molecule has 0 amide bonds. The van der Waals surface area contributed by atoms with Gasteiger partial charge >= 0.3 is 0 Å². The zero-order valence-electron chi connectivity index (χ0n) is 9.77. The van der Waals surface area contributed by atoms with Gasteiger partial charge in [-0.1, -0.05) is 6.92 Å². The molecule has 0 radical (unpaired) electrons. The summed E-state index contributed by atoms with van der Waals surface area (Å²) in [6.07, 6.45) is 4.16. The van der Waals surface area contributed by atoms with E-state index in [-0.39, 0.29) is 0 Å². The van der Waals surface area contributed by atoms with E-state index in [4.69, 9.17) is 11.6 Å². The van der Waals surface area contributed by atoms with Crippen LogP contribution in [0.15, 0.2) is 6.33 Å². The summed E-state index contributed by atoms with van der Waals surface area (Å²) in [6.45, 7) is 6.48. The molecule has 0 saturated carbocycles. The Morgan fingerprint density at radius 3 is 3.12 bits per heavy atom. The maximum atomic E-state index is 5.73. The molecule has 0 fully saturated rings. The number of halogens is 1. The van der Waals surface area contributed by atoms with Crippen molar-refractivity contribution >= 4 is 11.6 Å². The topological polar surface area (TPSA) is 34.0 Å². The Morgan fingerprint density at radius 1 is 1.44 bits per heavy atom. The average molecular weight is 243 g/mol. The van der Waals surface area contributed by atoms with Crippen LogP contribution in [-0.4, -0.2) is 38.6 Å². The van der Waals surface area contributed by atoms with Gasteiger partial charge in [0.1, 0.15) is 12.2 Å². The Bertz CT molecular complexity index is 326. The van der Waals surface area contributed by atoms with Gasteiger partial charge in [0.15, 0.2) is 0 Å². The zero-order valence-corrected chi connectivity index (χ0v) is 10.5. The SMILES string of the molecule is CC(CCCl)CCN1CCn2cnnc2C1. The minimum absolute atomic E-state index is 0.720. The quantitative estimate of drug-likeness (QED) is 0.738. The highest BCUT2D eigenvalue weighted by Gasteiger charge is 2.17. The average Bonchev–Trinajstić information content (AvgIpc) is 2.74. The first-order valence-electron chi connectivity index (χ1n) is 5.94. The van der Waals surface area contributed by atoms with Gasteiger partial charge in [-0.05, 0) is 25.3 Å². The summed E-state index contributed by atoms with van der Waals surface area (Å²) in [4.78, 5) is 2.45. The van der Waals surface area contributed by atoms with E-state index in [9.17, 15) is 0 Å². The van der Waals surface area contributed by atoms with E-state index in [1.807, 2.05) is 6.33 Å². The molecule has 1 aliphatic heterocycles. The first kappa shape index (κ1) is 11.9. The first-order valence-corrected chi connectivity index (χ1v) is 6.48. The van der Waals surface area contributed by atoms with Gasteiger partial charge in [0, 0.05) is 19.0 Å². The van der Waals surface area contributed by atoms with Gasteiger partial charge in [-0.25, -0.2) is 0 Å². The molecule has 1 aromatic rings. The van der Waals surface area contributed by atoms with Gasteiger partial charge in [0.2, 0.25) is 0 Å². The van der Waals surface area contributed by atoms with Gasteiger partial charge in [-0.15, -0.1) is 21.8 Å². The highest BCUT2D eigenvalue weighted by molar-refractivity contribution is 6.17. The van der Waals surface area contributed by atoms with Crippen LogP contribution < -0.4 is 0 Å². The number of fused-ring (bicyclic) bond motifs is 1. The van der Waals surface area contributed by atoms with Crippen LogP contribution in [0.25, 0.3) is 0 Å². The summed E-state index contributed by atoms with van der Waals surface area (Å²) < 4.78 is 2.14. The fraction of sp³-hybridized carbons (Fsp3) is 0.818. The largest absolute Gasteiger partial charge is 0.315 e. The molecule has 2 heterocycles. The Kier molecular flexibility index (Phi) is 4.18. The van der Waals surface area contributed by atoms with Crippen molar-refractivity contribution in [3.63, 3.8) is 0 Å². The first-order chi connectivity index (χ1) is 7.79. The van der Waals surface area contributed by atoms with E-state index in [1.54, 1.807) is 0 Å². The normalized spacial score (nSPS) is 18.4. The van der Waals surface area contributed by atoms with Crippen LogP contribution in [0.4, 0.5) is 0 Å². The van der Waals surface area contributed by atoms with E-state index in [0.29, 0.717) is 0 Å². The summed E-state index contributed by atoms with van der Waals surface area (Å²) in [7, 11) is 0. The summed E-state index contributed by atoms with van der Waals surface area (Å²) in [5, 5.41) is 8.05. The third-order valence-electron chi connectivity index (χ3n) is 3.26. The lowest BCUT2D eigenvalue weighted by Crippen LogP contribution is -2.34. The van der Waals surface area contributed by atoms with Gasteiger partial charge in [-0.3, -0.25) is 4.90 Å². The van der Waals surface area contributed by atoms with Crippen molar-refractivity contribution in [3.8, 4) is 0 Å². The second kappa shape index (κ2) is 5.64. The van der Waals surface area contributed by atoms with Gasteiger partial charge in [0.05, 0.1) is 6.54 Å². The lowest BCUT2D eigenvalue weighted by Gasteiger charge is -2.27. The number of rotatable bonds is 5. The predicted molar refractivity (Wildman–Crippen MR) is 64.4 cm³/mol. The molecule has 0 spiro atoms. The van der Waals surface area contributed by atoms with E-state index >= 15 is 0 Å². The molecule has 0 bridgehead atoms. The molecular formula is C11H19ClN4. The van der Waals surface area contributed by atoms with Gasteiger partial charge in [-0.2, -0.15) is 0 Å². The molecule has 5 heteroatoms. The molecule has 0 aromatic carbocycles. The number of hydrogen-bond acceptors (Lipinski definition) is 3. The third-order valence-corrected chi connectivity index (χ3v) is 3.48. The van der Waals surface area contributed by atoms with E-state index < -0.39 is 0 Å². The van der Waals surface area contributed by atoms with Crippen LogP contribution >= 0.6 is 11.6 Å². The zero-order chi connectivity index (χ0) is 11.4.